The van der Waals surface area contributed by atoms with Crippen molar-refractivity contribution >= 4 is 27.3 Å². The Morgan fingerprint density at radius 1 is 0.917 bits per heavy atom. The van der Waals surface area contributed by atoms with E-state index in [0.29, 0.717) is 12.1 Å². The highest BCUT2D eigenvalue weighted by Crippen LogP contribution is 2.25. The second-order valence-electron chi connectivity index (χ2n) is 5.22. The first kappa shape index (κ1) is 16.5. The van der Waals surface area contributed by atoms with Crippen molar-refractivity contribution in [3.63, 3.8) is 0 Å². The van der Waals surface area contributed by atoms with E-state index in [9.17, 15) is 8.42 Å². The quantitative estimate of drug-likeness (QED) is 0.698. The molecule has 3 rings (SSSR count). The lowest BCUT2D eigenvalue weighted by atomic mass is 10.0. The van der Waals surface area contributed by atoms with Crippen LogP contribution in [0.25, 0.3) is 0 Å². The zero-order chi connectivity index (χ0) is 17.0. The summed E-state index contributed by atoms with van der Waals surface area (Å²) in [6.45, 7) is 0. The number of hydrogen-bond donors (Lipinski definition) is 1. The normalized spacial score (nSPS) is 11.2. The van der Waals surface area contributed by atoms with Gasteiger partial charge in [-0.3, -0.25) is 4.72 Å². The zero-order valence-corrected chi connectivity index (χ0v) is 14.3. The van der Waals surface area contributed by atoms with Crippen LogP contribution in [0.5, 0.6) is 0 Å². The van der Waals surface area contributed by atoms with Crippen molar-refractivity contribution in [3.8, 4) is 0 Å². The molecular weight excluding hydrogens is 344 g/mol. The Kier molecular flexibility index (Phi) is 4.83. The third-order valence-corrected chi connectivity index (χ3v) is 5.32. The number of pyridine rings is 1. The third-order valence-electron chi connectivity index (χ3n) is 3.51. The van der Waals surface area contributed by atoms with Gasteiger partial charge in [-0.2, -0.15) is 0 Å². The lowest BCUT2D eigenvalue weighted by molar-refractivity contribution is 0.601. The molecule has 0 amide bonds. The van der Waals surface area contributed by atoms with Crippen molar-refractivity contribution in [2.45, 2.75) is 11.3 Å². The average molecular weight is 359 g/mol. The number of hydrogen-bond acceptors (Lipinski definition) is 3. The van der Waals surface area contributed by atoms with Crippen molar-refractivity contribution in [2.24, 2.45) is 0 Å². The minimum Gasteiger partial charge on any atom is -0.279 e. The standard InChI is InChI=1S/C18H15ClN2O2S/c19-18-17(11-6-12-20-18)24(22,23)21-16-10-5-4-9-15(16)13-14-7-2-1-3-8-14/h1-12,21H,13H2. The highest BCUT2D eigenvalue weighted by atomic mass is 35.5. The molecule has 3 aromatic rings. The van der Waals surface area contributed by atoms with Gasteiger partial charge in [0.15, 0.2) is 0 Å². The van der Waals surface area contributed by atoms with Crippen LogP contribution in [0.1, 0.15) is 11.1 Å². The maximum absolute atomic E-state index is 12.6. The molecule has 0 bridgehead atoms. The number of para-hydroxylation sites is 1. The molecule has 0 saturated heterocycles. The Morgan fingerprint density at radius 2 is 1.62 bits per heavy atom. The van der Waals surface area contributed by atoms with E-state index in [1.165, 1.54) is 18.3 Å². The van der Waals surface area contributed by atoms with Crippen LogP contribution in [0.2, 0.25) is 5.15 Å². The fourth-order valence-electron chi connectivity index (χ4n) is 2.36. The Morgan fingerprint density at radius 3 is 2.38 bits per heavy atom. The summed E-state index contributed by atoms with van der Waals surface area (Å²) in [4.78, 5) is 3.78. The molecular formula is C18H15ClN2O2S. The Labute approximate surface area is 146 Å². The van der Waals surface area contributed by atoms with Crippen LogP contribution in [0.4, 0.5) is 5.69 Å². The molecule has 24 heavy (non-hydrogen) atoms. The SMILES string of the molecule is O=S(=O)(Nc1ccccc1Cc1ccccc1)c1cccnc1Cl. The van der Waals surface area contributed by atoms with Crippen LogP contribution < -0.4 is 4.72 Å². The number of nitrogens with zero attached hydrogens (tertiary/aromatic N) is 1. The second kappa shape index (κ2) is 7.03. The van der Waals surface area contributed by atoms with Gasteiger partial charge in [-0.15, -0.1) is 0 Å². The van der Waals surface area contributed by atoms with Crippen LogP contribution in [0.3, 0.4) is 0 Å². The van der Waals surface area contributed by atoms with Crippen molar-refractivity contribution in [1.82, 2.24) is 4.98 Å². The molecule has 0 fully saturated rings. The molecule has 0 atom stereocenters. The van der Waals surface area contributed by atoms with Crippen molar-refractivity contribution in [3.05, 3.63) is 89.2 Å². The van der Waals surface area contributed by atoms with Crippen LogP contribution in [0, 0.1) is 0 Å². The Hall–Kier alpha value is -2.37. The van der Waals surface area contributed by atoms with E-state index in [1.807, 2.05) is 42.5 Å². The molecule has 1 N–H and O–H groups in total. The average Bonchev–Trinajstić information content (AvgIpc) is 2.57. The lowest BCUT2D eigenvalue weighted by Gasteiger charge is -2.13. The molecule has 122 valence electrons. The molecule has 0 aliphatic rings. The van der Waals surface area contributed by atoms with Crippen molar-refractivity contribution in [1.29, 1.82) is 0 Å². The summed E-state index contributed by atoms with van der Waals surface area (Å²) in [6, 6.07) is 20.1. The Balaban J connectivity index is 1.92. The van der Waals surface area contributed by atoms with E-state index in [0.717, 1.165) is 11.1 Å². The Bertz CT molecular complexity index is 944. The molecule has 4 nitrogen and oxygen atoms in total. The lowest BCUT2D eigenvalue weighted by Crippen LogP contribution is -2.15. The predicted octanol–water partition coefficient (Wildman–Crippen LogP) is 4.13. The molecule has 0 radical (unpaired) electrons. The van der Waals surface area contributed by atoms with E-state index in [1.54, 1.807) is 12.1 Å². The third kappa shape index (κ3) is 3.75. The molecule has 0 aliphatic carbocycles. The summed E-state index contributed by atoms with van der Waals surface area (Å²) >= 11 is 5.91. The summed E-state index contributed by atoms with van der Waals surface area (Å²) in [7, 11) is -3.80. The van der Waals surface area contributed by atoms with Crippen molar-refractivity contribution in [2.75, 3.05) is 4.72 Å². The molecule has 0 spiro atoms. The summed E-state index contributed by atoms with van der Waals surface area (Å²) in [5, 5.41) is -0.0504. The van der Waals surface area contributed by atoms with E-state index in [2.05, 4.69) is 9.71 Å². The van der Waals surface area contributed by atoms with Gasteiger partial charge in [0.05, 0.1) is 5.69 Å². The summed E-state index contributed by atoms with van der Waals surface area (Å²) < 4.78 is 27.8. The van der Waals surface area contributed by atoms with Gasteiger partial charge in [0, 0.05) is 6.20 Å². The van der Waals surface area contributed by atoms with Gasteiger partial charge < -0.3 is 0 Å². The minimum atomic E-state index is -3.80. The monoisotopic (exact) mass is 358 g/mol. The van der Waals surface area contributed by atoms with Crippen LogP contribution in [-0.4, -0.2) is 13.4 Å². The molecule has 0 saturated carbocycles. The van der Waals surface area contributed by atoms with Gasteiger partial charge in [0.2, 0.25) is 0 Å². The van der Waals surface area contributed by atoms with Gasteiger partial charge >= 0.3 is 0 Å². The van der Waals surface area contributed by atoms with Gasteiger partial charge in [-0.1, -0.05) is 60.1 Å². The molecule has 2 aromatic carbocycles. The number of aromatic nitrogens is 1. The number of rotatable bonds is 5. The maximum atomic E-state index is 12.6. The van der Waals surface area contributed by atoms with Crippen LogP contribution in [-0.2, 0) is 16.4 Å². The summed E-state index contributed by atoms with van der Waals surface area (Å²) in [5.74, 6) is 0. The number of anilines is 1. The molecule has 0 aliphatic heterocycles. The summed E-state index contributed by atoms with van der Waals surface area (Å²) in [6.07, 6.45) is 2.07. The van der Waals surface area contributed by atoms with Gasteiger partial charge in [0.25, 0.3) is 10.0 Å². The number of sulfonamides is 1. The van der Waals surface area contributed by atoms with Crippen LogP contribution >= 0.6 is 11.6 Å². The first-order valence-electron chi connectivity index (χ1n) is 7.31. The summed E-state index contributed by atoms with van der Waals surface area (Å²) in [5.41, 5.74) is 2.51. The predicted molar refractivity (Wildman–Crippen MR) is 95.7 cm³/mol. The van der Waals surface area contributed by atoms with Gasteiger partial charge in [0.1, 0.15) is 10.0 Å². The first-order chi connectivity index (χ1) is 11.6. The maximum Gasteiger partial charge on any atom is 0.264 e. The van der Waals surface area contributed by atoms with E-state index >= 15 is 0 Å². The smallest absolute Gasteiger partial charge is 0.264 e. The van der Waals surface area contributed by atoms with E-state index in [4.69, 9.17) is 11.6 Å². The highest BCUT2D eigenvalue weighted by molar-refractivity contribution is 7.92. The van der Waals surface area contributed by atoms with E-state index < -0.39 is 10.0 Å². The number of halogens is 1. The largest absolute Gasteiger partial charge is 0.279 e. The fourth-order valence-corrected chi connectivity index (χ4v) is 3.92. The molecule has 1 aromatic heterocycles. The highest BCUT2D eigenvalue weighted by Gasteiger charge is 2.19. The zero-order valence-electron chi connectivity index (χ0n) is 12.7. The second-order valence-corrected chi connectivity index (χ2v) is 7.23. The number of benzene rings is 2. The fraction of sp³-hybridized carbons (Fsp3) is 0.0556. The topological polar surface area (TPSA) is 59.1 Å². The minimum absolute atomic E-state index is 0.0406. The first-order valence-corrected chi connectivity index (χ1v) is 9.17. The number of nitrogens with one attached hydrogen (secondary N) is 1. The molecule has 6 heteroatoms. The molecule has 0 unspecified atom stereocenters. The molecule has 1 heterocycles. The van der Waals surface area contributed by atoms with Gasteiger partial charge in [-0.05, 0) is 35.7 Å². The van der Waals surface area contributed by atoms with Crippen LogP contribution in [0.15, 0.2) is 77.8 Å². The van der Waals surface area contributed by atoms with Crippen molar-refractivity contribution < 1.29 is 8.42 Å². The van der Waals surface area contributed by atoms with Gasteiger partial charge in [-0.25, -0.2) is 13.4 Å². The van der Waals surface area contributed by atoms with E-state index in [-0.39, 0.29) is 10.0 Å².